The molecular formula is C30H32ClF6N7O2. The second kappa shape index (κ2) is 12.7. The fourth-order valence-corrected chi connectivity index (χ4v) is 6.80. The van der Waals surface area contributed by atoms with Crippen molar-refractivity contribution in [2.45, 2.75) is 76.4 Å². The minimum atomic E-state index is -4.71. The number of benzene rings is 2. The van der Waals surface area contributed by atoms with Crippen molar-refractivity contribution >= 4 is 35.1 Å². The molecule has 3 aromatic rings. The van der Waals surface area contributed by atoms with E-state index in [1.54, 1.807) is 6.92 Å². The van der Waals surface area contributed by atoms with E-state index in [0.717, 1.165) is 29.1 Å². The van der Waals surface area contributed by atoms with Gasteiger partial charge in [-0.05, 0) is 97.7 Å². The van der Waals surface area contributed by atoms with Gasteiger partial charge in [0.15, 0.2) is 0 Å². The van der Waals surface area contributed by atoms with E-state index in [4.69, 9.17) is 17.3 Å². The lowest BCUT2D eigenvalue weighted by atomic mass is 9.79. The number of carbonyl (C=O) groups excluding carboxylic acids is 2. The summed E-state index contributed by atoms with van der Waals surface area (Å²) < 4.78 is 83.0. The molecule has 248 valence electrons. The predicted molar refractivity (Wildman–Crippen MR) is 156 cm³/mol. The molecule has 2 N–H and O–H groups in total. The molecular weight excluding hydrogens is 640 g/mol. The van der Waals surface area contributed by atoms with Gasteiger partial charge in [-0.15, -0.1) is 5.10 Å². The van der Waals surface area contributed by atoms with E-state index in [2.05, 4.69) is 15.4 Å². The fraction of sp³-hybridized carbons (Fsp3) is 0.500. The van der Waals surface area contributed by atoms with Gasteiger partial charge in [0.1, 0.15) is 0 Å². The van der Waals surface area contributed by atoms with Gasteiger partial charge < -0.3 is 15.5 Å². The van der Waals surface area contributed by atoms with Gasteiger partial charge >= 0.3 is 12.4 Å². The average molecular weight is 672 g/mol. The summed E-state index contributed by atoms with van der Waals surface area (Å²) in [6, 6.07) is 4.78. The summed E-state index contributed by atoms with van der Waals surface area (Å²) in [5.41, 5.74) is 3.95. The summed E-state index contributed by atoms with van der Waals surface area (Å²) >= 11 is 6.05. The molecule has 5 rings (SSSR count). The van der Waals surface area contributed by atoms with Gasteiger partial charge in [-0.2, -0.15) is 31.1 Å². The second-order valence-corrected chi connectivity index (χ2v) is 12.5. The van der Waals surface area contributed by atoms with Crippen LogP contribution in [0, 0.1) is 11.8 Å². The summed E-state index contributed by atoms with van der Waals surface area (Å²) in [7, 11) is 1.48. The highest BCUT2D eigenvalue weighted by molar-refractivity contribution is 6.30. The van der Waals surface area contributed by atoms with Crippen LogP contribution in [0.2, 0.25) is 5.02 Å². The van der Waals surface area contributed by atoms with Crippen molar-refractivity contribution in [3.63, 3.8) is 0 Å². The van der Waals surface area contributed by atoms with Crippen molar-refractivity contribution < 1.29 is 35.9 Å². The number of fused-ring (bicyclic) bond motifs is 1. The van der Waals surface area contributed by atoms with Crippen LogP contribution in [-0.2, 0) is 35.5 Å². The molecule has 1 aromatic heterocycles. The summed E-state index contributed by atoms with van der Waals surface area (Å²) in [5, 5.41) is 11.9. The van der Waals surface area contributed by atoms with Crippen LogP contribution in [0.3, 0.4) is 0 Å². The average Bonchev–Trinajstić information content (AvgIpc) is 3.39. The molecule has 9 nitrogen and oxygen atoms in total. The van der Waals surface area contributed by atoms with Crippen molar-refractivity contribution in [2.75, 3.05) is 9.80 Å². The largest absolute Gasteiger partial charge is 0.416 e. The van der Waals surface area contributed by atoms with Crippen molar-refractivity contribution in [3.05, 3.63) is 63.7 Å². The van der Waals surface area contributed by atoms with Gasteiger partial charge in [-0.1, -0.05) is 16.7 Å². The predicted octanol–water partition coefficient (Wildman–Crippen LogP) is 6.46. The van der Waals surface area contributed by atoms with E-state index in [9.17, 15) is 35.9 Å². The SMILES string of the molecule is C[C@@H]1CC(N(Cc2cc(Cl)cc(C(F)(F)F)c2)c2nnn(C)n2)c2cc(C(F)(F)F)ccc2N1C(=O)C1CCC(CC(N)=O)CC1. The molecule has 2 atom stereocenters. The number of nitrogens with zero attached hydrogens (tertiary/aromatic N) is 6. The molecule has 16 heteroatoms. The molecule has 1 aliphatic carbocycles. The molecule has 0 radical (unpaired) electrons. The second-order valence-electron chi connectivity index (χ2n) is 12.0. The lowest BCUT2D eigenvalue weighted by molar-refractivity contribution is -0.138. The highest BCUT2D eigenvalue weighted by Crippen LogP contribution is 2.46. The number of nitrogens with two attached hydrogens (primary N) is 1. The molecule has 0 saturated heterocycles. The van der Waals surface area contributed by atoms with Crippen molar-refractivity contribution in [3.8, 4) is 0 Å². The van der Waals surface area contributed by atoms with Crippen molar-refractivity contribution in [1.82, 2.24) is 20.2 Å². The molecule has 0 bridgehead atoms. The van der Waals surface area contributed by atoms with Crippen LogP contribution in [0.4, 0.5) is 38.0 Å². The van der Waals surface area contributed by atoms with Gasteiger partial charge in [-0.25, -0.2) is 0 Å². The van der Waals surface area contributed by atoms with Gasteiger partial charge in [0.25, 0.3) is 5.95 Å². The van der Waals surface area contributed by atoms with Crippen LogP contribution in [0.1, 0.15) is 73.7 Å². The molecule has 1 unspecified atom stereocenters. The number of hydrogen-bond acceptors (Lipinski definition) is 6. The van der Waals surface area contributed by atoms with Crippen molar-refractivity contribution in [2.24, 2.45) is 24.6 Å². The zero-order valence-corrected chi connectivity index (χ0v) is 25.7. The first-order valence-electron chi connectivity index (χ1n) is 14.7. The maximum atomic E-state index is 14.0. The molecule has 46 heavy (non-hydrogen) atoms. The Bertz CT molecular complexity index is 1600. The number of tetrazole rings is 1. The quantitative estimate of drug-likeness (QED) is 0.289. The van der Waals surface area contributed by atoms with Gasteiger partial charge in [0.05, 0.1) is 24.2 Å². The van der Waals surface area contributed by atoms with E-state index in [1.165, 1.54) is 29.0 Å². The summed E-state index contributed by atoms with van der Waals surface area (Å²) in [4.78, 5) is 29.5. The Labute approximate surface area is 265 Å². The Morgan fingerprint density at radius 3 is 2.26 bits per heavy atom. The lowest BCUT2D eigenvalue weighted by Crippen LogP contribution is -2.49. The van der Waals surface area contributed by atoms with Crippen molar-refractivity contribution in [1.29, 1.82) is 0 Å². The number of halogens is 7. The molecule has 1 aliphatic heterocycles. The Morgan fingerprint density at radius 1 is 1.00 bits per heavy atom. The number of primary amides is 1. The first-order valence-corrected chi connectivity index (χ1v) is 15.1. The smallest absolute Gasteiger partial charge is 0.370 e. The Balaban J connectivity index is 1.56. The van der Waals surface area contributed by atoms with E-state index >= 15 is 0 Å². The van der Waals surface area contributed by atoms with Crippen LogP contribution < -0.4 is 15.5 Å². The summed E-state index contributed by atoms with van der Waals surface area (Å²) in [6.07, 6.45) is -6.80. The number of rotatable bonds is 7. The molecule has 0 spiro atoms. The Kier molecular flexibility index (Phi) is 9.26. The van der Waals surface area contributed by atoms with E-state index in [-0.39, 0.29) is 59.0 Å². The van der Waals surface area contributed by atoms with E-state index in [1.807, 2.05) is 0 Å². The number of amides is 2. The van der Waals surface area contributed by atoms with E-state index < -0.39 is 47.4 Å². The number of hydrogen-bond donors (Lipinski definition) is 1. The highest BCUT2D eigenvalue weighted by Gasteiger charge is 2.42. The third-order valence-corrected chi connectivity index (χ3v) is 8.89. The minimum absolute atomic E-state index is 0.0239. The lowest BCUT2D eigenvalue weighted by Gasteiger charge is -2.45. The zero-order valence-electron chi connectivity index (χ0n) is 24.9. The van der Waals surface area contributed by atoms with Gasteiger partial charge in [-0.3, -0.25) is 9.59 Å². The molecule has 2 amide bonds. The molecule has 2 aliphatic rings. The van der Waals surface area contributed by atoms with Crippen LogP contribution in [0.25, 0.3) is 0 Å². The third kappa shape index (κ3) is 7.24. The summed E-state index contributed by atoms with van der Waals surface area (Å²) in [6.45, 7) is 1.52. The van der Waals surface area contributed by atoms with E-state index in [0.29, 0.717) is 25.7 Å². The standard InChI is InChI=1S/C30H32ClF6N7O2/c1-16-9-25(43(28-39-41-42(2)40-28)15-18-10-21(30(35,36)37)13-22(31)11-18)23-14-20(29(32,33)34)7-8-24(23)44(16)27(46)19-5-3-17(4-6-19)12-26(38)45/h7-8,10-11,13-14,16-17,19,25H,3-6,9,12,15H2,1-2H3,(H2,38,45)/t16-,17?,19?,25?/m1/s1. The van der Waals surface area contributed by atoms with Crippen LogP contribution in [0.5, 0.6) is 0 Å². The topological polar surface area (TPSA) is 110 Å². The number of alkyl halides is 6. The zero-order chi connectivity index (χ0) is 33.6. The summed E-state index contributed by atoms with van der Waals surface area (Å²) in [5.74, 6) is -0.996. The number of aryl methyl sites for hydroxylation is 1. The third-order valence-electron chi connectivity index (χ3n) is 8.67. The number of carbonyl (C=O) groups is 2. The van der Waals surface area contributed by atoms with Gasteiger partial charge in [0, 0.05) is 35.6 Å². The molecule has 2 heterocycles. The fourth-order valence-electron chi connectivity index (χ4n) is 6.55. The minimum Gasteiger partial charge on any atom is -0.370 e. The Morgan fingerprint density at radius 2 is 1.67 bits per heavy atom. The van der Waals surface area contributed by atoms with Crippen LogP contribution in [-0.4, -0.2) is 38.1 Å². The van der Waals surface area contributed by atoms with Crippen LogP contribution in [0.15, 0.2) is 36.4 Å². The first kappa shape index (κ1) is 33.5. The normalized spacial score (nSPS) is 22.0. The van der Waals surface area contributed by atoms with Gasteiger partial charge in [0.2, 0.25) is 11.8 Å². The first-order chi connectivity index (χ1) is 21.5. The molecule has 2 aromatic carbocycles. The maximum Gasteiger partial charge on any atom is 0.416 e. The highest BCUT2D eigenvalue weighted by atomic mass is 35.5. The number of anilines is 2. The number of aromatic nitrogens is 4. The monoisotopic (exact) mass is 671 g/mol. The maximum absolute atomic E-state index is 14.0. The molecule has 1 fully saturated rings. The Hall–Kier alpha value is -3.88. The molecule has 1 saturated carbocycles. The van der Waals surface area contributed by atoms with Crippen LogP contribution >= 0.6 is 11.6 Å².